The number of hydrogen-bond acceptors (Lipinski definition) is 5. The van der Waals surface area contributed by atoms with Gasteiger partial charge in [0.2, 0.25) is 0 Å². The molecule has 6 heteroatoms. The lowest BCUT2D eigenvalue weighted by atomic mass is 9.83. The van der Waals surface area contributed by atoms with Gasteiger partial charge in [-0.2, -0.15) is 0 Å². The van der Waals surface area contributed by atoms with Crippen LogP contribution >= 0.6 is 0 Å². The van der Waals surface area contributed by atoms with Crippen LogP contribution in [0.4, 0.5) is 0 Å². The fourth-order valence-corrected chi connectivity index (χ4v) is 3.00. The molecule has 0 aromatic heterocycles. The van der Waals surface area contributed by atoms with Crippen LogP contribution in [-0.2, 0) is 4.74 Å². The summed E-state index contributed by atoms with van der Waals surface area (Å²) in [5.74, 6) is -1.65. The van der Waals surface area contributed by atoms with E-state index >= 15 is 0 Å². The molecule has 1 fully saturated rings. The molecule has 0 heterocycles. The average molecular weight is 322 g/mol. The van der Waals surface area contributed by atoms with E-state index in [9.17, 15) is 19.8 Å². The van der Waals surface area contributed by atoms with Crippen molar-refractivity contribution in [2.75, 3.05) is 6.61 Å². The maximum atomic E-state index is 12.2. The molecule has 0 saturated heterocycles. The fourth-order valence-electron chi connectivity index (χ4n) is 3.00. The van der Waals surface area contributed by atoms with Gasteiger partial charge in [0.25, 0.3) is 0 Å². The SMILES string of the molecule is O=C(O)c1ccc(C(=O)OC(C(O)CO)C2CCCCC2)cc1. The summed E-state index contributed by atoms with van der Waals surface area (Å²) in [6, 6.07) is 5.43. The summed E-state index contributed by atoms with van der Waals surface area (Å²) in [6.07, 6.45) is 3.02. The summed E-state index contributed by atoms with van der Waals surface area (Å²) >= 11 is 0. The Morgan fingerprint density at radius 3 is 2.17 bits per heavy atom. The van der Waals surface area contributed by atoms with Gasteiger partial charge in [0.05, 0.1) is 17.7 Å². The van der Waals surface area contributed by atoms with E-state index in [4.69, 9.17) is 9.84 Å². The maximum absolute atomic E-state index is 12.2. The number of aliphatic hydroxyl groups is 2. The highest BCUT2D eigenvalue weighted by atomic mass is 16.6. The van der Waals surface area contributed by atoms with Gasteiger partial charge in [-0.3, -0.25) is 0 Å². The third-order valence-corrected chi connectivity index (χ3v) is 4.29. The predicted octanol–water partition coefficient (Wildman–Crippen LogP) is 1.84. The molecule has 126 valence electrons. The number of esters is 1. The number of hydrogen-bond donors (Lipinski definition) is 3. The van der Waals surface area contributed by atoms with Crippen molar-refractivity contribution in [2.24, 2.45) is 5.92 Å². The van der Waals surface area contributed by atoms with Gasteiger partial charge in [0.15, 0.2) is 0 Å². The van der Waals surface area contributed by atoms with Gasteiger partial charge in [-0.1, -0.05) is 19.3 Å². The highest BCUT2D eigenvalue weighted by Gasteiger charge is 2.32. The van der Waals surface area contributed by atoms with E-state index in [-0.39, 0.29) is 17.0 Å². The van der Waals surface area contributed by atoms with Crippen LogP contribution in [0.2, 0.25) is 0 Å². The molecule has 2 atom stereocenters. The molecular weight excluding hydrogens is 300 g/mol. The minimum Gasteiger partial charge on any atom is -0.478 e. The van der Waals surface area contributed by atoms with Crippen molar-refractivity contribution in [3.05, 3.63) is 35.4 Å². The highest BCUT2D eigenvalue weighted by molar-refractivity contribution is 5.92. The summed E-state index contributed by atoms with van der Waals surface area (Å²) in [5.41, 5.74) is 0.307. The van der Waals surface area contributed by atoms with Gasteiger partial charge in [0.1, 0.15) is 12.2 Å². The minimum absolute atomic E-state index is 0.0353. The van der Waals surface area contributed by atoms with E-state index in [0.717, 1.165) is 32.1 Å². The molecule has 1 aliphatic rings. The van der Waals surface area contributed by atoms with Crippen molar-refractivity contribution in [1.29, 1.82) is 0 Å². The lowest BCUT2D eigenvalue weighted by molar-refractivity contribution is -0.0667. The average Bonchev–Trinajstić information content (AvgIpc) is 2.59. The van der Waals surface area contributed by atoms with E-state index in [1.165, 1.54) is 24.3 Å². The smallest absolute Gasteiger partial charge is 0.338 e. The molecule has 0 amide bonds. The molecule has 0 radical (unpaired) electrons. The Bertz CT molecular complexity index is 533. The first-order chi connectivity index (χ1) is 11.0. The Morgan fingerprint density at radius 1 is 1.09 bits per heavy atom. The molecule has 2 unspecified atom stereocenters. The summed E-state index contributed by atoms with van der Waals surface area (Å²) in [6.45, 7) is -0.466. The summed E-state index contributed by atoms with van der Waals surface area (Å²) in [4.78, 5) is 23.1. The molecule has 23 heavy (non-hydrogen) atoms. The molecule has 6 nitrogen and oxygen atoms in total. The maximum Gasteiger partial charge on any atom is 0.338 e. The molecular formula is C17H22O6. The fraction of sp³-hybridized carbons (Fsp3) is 0.529. The van der Waals surface area contributed by atoms with Crippen LogP contribution in [0.25, 0.3) is 0 Å². The van der Waals surface area contributed by atoms with Gasteiger partial charge >= 0.3 is 11.9 Å². The molecule has 1 saturated carbocycles. The Kier molecular flexibility index (Phi) is 6.12. The predicted molar refractivity (Wildman–Crippen MR) is 82.3 cm³/mol. The van der Waals surface area contributed by atoms with E-state index in [1.807, 2.05) is 0 Å². The summed E-state index contributed by atoms with van der Waals surface area (Å²) in [7, 11) is 0. The van der Waals surface area contributed by atoms with E-state index in [1.54, 1.807) is 0 Å². The second-order valence-electron chi connectivity index (χ2n) is 5.90. The van der Waals surface area contributed by atoms with Crippen LogP contribution < -0.4 is 0 Å². The lowest BCUT2D eigenvalue weighted by Crippen LogP contribution is -2.40. The number of carbonyl (C=O) groups excluding carboxylic acids is 1. The van der Waals surface area contributed by atoms with Crippen molar-refractivity contribution in [1.82, 2.24) is 0 Å². The topological polar surface area (TPSA) is 104 Å². The van der Waals surface area contributed by atoms with Gasteiger partial charge in [-0.15, -0.1) is 0 Å². The van der Waals surface area contributed by atoms with Crippen molar-refractivity contribution in [2.45, 2.75) is 44.3 Å². The Labute approximate surface area is 134 Å². The number of carboxylic acid groups (broad SMARTS) is 1. The van der Waals surface area contributed by atoms with Crippen LogP contribution in [0.1, 0.15) is 52.8 Å². The Balaban J connectivity index is 2.08. The lowest BCUT2D eigenvalue weighted by Gasteiger charge is -2.32. The summed E-state index contributed by atoms with van der Waals surface area (Å²) in [5, 5.41) is 28.0. The van der Waals surface area contributed by atoms with Gasteiger partial charge in [-0.25, -0.2) is 9.59 Å². The Morgan fingerprint density at radius 2 is 1.65 bits per heavy atom. The second-order valence-corrected chi connectivity index (χ2v) is 5.90. The molecule has 1 aromatic carbocycles. The third-order valence-electron chi connectivity index (χ3n) is 4.29. The first kappa shape index (κ1) is 17.4. The first-order valence-corrected chi connectivity index (χ1v) is 7.86. The zero-order chi connectivity index (χ0) is 16.8. The molecule has 2 rings (SSSR count). The van der Waals surface area contributed by atoms with E-state index in [2.05, 4.69) is 0 Å². The number of ether oxygens (including phenoxy) is 1. The van der Waals surface area contributed by atoms with E-state index < -0.39 is 30.8 Å². The monoisotopic (exact) mass is 322 g/mol. The molecule has 0 bridgehead atoms. The number of carboxylic acids is 1. The molecule has 3 N–H and O–H groups in total. The normalized spacial score (nSPS) is 18.2. The largest absolute Gasteiger partial charge is 0.478 e. The van der Waals surface area contributed by atoms with Crippen LogP contribution in [-0.4, -0.2) is 46.1 Å². The van der Waals surface area contributed by atoms with Crippen LogP contribution in [0, 0.1) is 5.92 Å². The minimum atomic E-state index is -1.11. The van der Waals surface area contributed by atoms with Crippen LogP contribution in [0.5, 0.6) is 0 Å². The highest BCUT2D eigenvalue weighted by Crippen LogP contribution is 2.30. The molecule has 1 aromatic rings. The third kappa shape index (κ3) is 4.53. The van der Waals surface area contributed by atoms with Crippen molar-refractivity contribution < 1.29 is 29.6 Å². The van der Waals surface area contributed by atoms with Crippen molar-refractivity contribution in [3.8, 4) is 0 Å². The number of carbonyl (C=O) groups is 2. The summed E-state index contributed by atoms with van der Waals surface area (Å²) < 4.78 is 5.43. The zero-order valence-electron chi connectivity index (χ0n) is 12.9. The molecule has 0 aliphatic heterocycles. The molecule has 0 spiro atoms. The standard InChI is InChI=1S/C17H22O6/c18-10-14(19)15(11-4-2-1-3-5-11)23-17(22)13-8-6-12(7-9-13)16(20)21/h6-9,11,14-15,18-19H,1-5,10H2,(H,20,21). The van der Waals surface area contributed by atoms with Crippen molar-refractivity contribution >= 4 is 11.9 Å². The molecule has 1 aliphatic carbocycles. The number of rotatable bonds is 6. The zero-order valence-corrected chi connectivity index (χ0v) is 12.9. The van der Waals surface area contributed by atoms with Gasteiger partial charge in [-0.05, 0) is 43.0 Å². The Hall–Kier alpha value is -1.92. The van der Waals surface area contributed by atoms with Gasteiger partial charge in [0, 0.05) is 0 Å². The number of aliphatic hydroxyl groups excluding tert-OH is 2. The van der Waals surface area contributed by atoms with Crippen LogP contribution in [0.15, 0.2) is 24.3 Å². The van der Waals surface area contributed by atoms with Gasteiger partial charge < -0.3 is 20.1 Å². The van der Waals surface area contributed by atoms with E-state index in [0.29, 0.717) is 0 Å². The number of benzene rings is 1. The second kappa shape index (κ2) is 8.08. The quantitative estimate of drug-likeness (QED) is 0.690. The van der Waals surface area contributed by atoms with Crippen molar-refractivity contribution in [3.63, 3.8) is 0 Å². The van der Waals surface area contributed by atoms with Crippen LogP contribution in [0.3, 0.4) is 0 Å². The number of aromatic carboxylic acids is 1. The first-order valence-electron chi connectivity index (χ1n) is 7.86.